The minimum absolute atomic E-state index is 0.00969. The Hall–Kier alpha value is -3.77. The third-order valence-corrected chi connectivity index (χ3v) is 4.43. The zero-order valence-electron chi connectivity index (χ0n) is 15.3. The summed E-state index contributed by atoms with van der Waals surface area (Å²) in [6, 6.07) is 9.63. The van der Waals surface area contributed by atoms with Crippen LogP contribution in [-0.2, 0) is 14.9 Å². The Morgan fingerprint density at radius 2 is 1.80 bits per heavy atom. The Morgan fingerprint density at radius 1 is 1.17 bits per heavy atom. The van der Waals surface area contributed by atoms with Gasteiger partial charge in [-0.3, -0.25) is 14.7 Å². The van der Waals surface area contributed by atoms with E-state index in [0.717, 1.165) is 24.3 Å². The van der Waals surface area contributed by atoms with E-state index >= 15 is 0 Å². The average Bonchev–Trinajstić information content (AvgIpc) is 2.67. The van der Waals surface area contributed by atoms with Crippen LogP contribution in [0.15, 0.2) is 62.6 Å². The lowest BCUT2D eigenvalue weighted by molar-refractivity contribution is -0.384. The Bertz CT molecular complexity index is 1250. The SMILES string of the molecule is CCOC(=O)c1cc2ccc(O)cc2oc1=O.O=[N+]([O-])c1ccc(S(=O)(=O)O)cc1. The Morgan fingerprint density at radius 3 is 2.33 bits per heavy atom. The molecule has 3 aromatic rings. The van der Waals surface area contributed by atoms with Crippen LogP contribution in [0.3, 0.4) is 0 Å². The molecule has 0 bridgehead atoms. The predicted molar refractivity (Wildman–Crippen MR) is 103 cm³/mol. The molecule has 30 heavy (non-hydrogen) atoms. The molecule has 1 aromatic heterocycles. The molecule has 12 heteroatoms. The molecule has 0 unspecified atom stereocenters. The van der Waals surface area contributed by atoms with Gasteiger partial charge in [0.05, 0.1) is 16.4 Å². The maximum absolute atomic E-state index is 11.5. The first-order valence-electron chi connectivity index (χ1n) is 8.19. The van der Waals surface area contributed by atoms with E-state index in [0.29, 0.717) is 5.39 Å². The summed E-state index contributed by atoms with van der Waals surface area (Å²) in [6.45, 7) is 1.84. The monoisotopic (exact) mass is 437 g/mol. The van der Waals surface area contributed by atoms with Crippen LogP contribution in [0, 0.1) is 10.1 Å². The fourth-order valence-electron chi connectivity index (χ4n) is 2.19. The number of hydrogen-bond acceptors (Lipinski definition) is 9. The Labute approximate surface area is 169 Å². The normalized spacial score (nSPS) is 10.7. The van der Waals surface area contributed by atoms with Crippen LogP contribution < -0.4 is 5.63 Å². The first-order valence-corrected chi connectivity index (χ1v) is 9.63. The highest BCUT2D eigenvalue weighted by atomic mass is 32.2. The highest BCUT2D eigenvalue weighted by Crippen LogP contribution is 2.19. The first-order chi connectivity index (χ1) is 14.0. The zero-order chi connectivity index (χ0) is 22.5. The second kappa shape index (κ2) is 9.15. The standard InChI is InChI=1S/C12H10O5.C6H5NO5S/c1-2-16-11(14)9-5-7-3-4-8(13)6-10(7)17-12(9)15;8-7(9)5-1-3-6(4-2-5)13(10,11)12/h3-6,13H,2H2,1H3;1-4H,(H,10,11,12). The third-order valence-electron chi connectivity index (χ3n) is 3.56. The fourth-order valence-corrected chi connectivity index (χ4v) is 2.67. The molecule has 2 aromatic carbocycles. The third kappa shape index (κ3) is 5.62. The average molecular weight is 437 g/mol. The van der Waals surface area contributed by atoms with Crippen molar-refractivity contribution in [2.45, 2.75) is 11.8 Å². The topological polar surface area (TPSA) is 174 Å². The molecule has 11 nitrogen and oxygen atoms in total. The molecular weight excluding hydrogens is 422 g/mol. The molecule has 0 aliphatic rings. The number of nitrogens with zero attached hydrogens (tertiary/aromatic N) is 1. The van der Waals surface area contributed by atoms with Crippen molar-refractivity contribution >= 4 is 32.7 Å². The van der Waals surface area contributed by atoms with Crippen molar-refractivity contribution in [1.82, 2.24) is 0 Å². The molecule has 0 amide bonds. The number of rotatable bonds is 4. The van der Waals surface area contributed by atoms with Crippen molar-refractivity contribution in [2.75, 3.05) is 6.61 Å². The first kappa shape index (κ1) is 22.5. The molecular formula is C18H15NO10S. The molecule has 158 valence electrons. The van der Waals surface area contributed by atoms with Crippen molar-refractivity contribution in [2.24, 2.45) is 0 Å². The van der Waals surface area contributed by atoms with E-state index in [1.54, 1.807) is 13.0 Å². The van der Waals surface area contributed by atoms with E-state index in [1.807, 2.05) is 0 Å². The number of esters is 1. The quantitative estimate of drug-likeness (QED) is 0.203. The molecule has 0 aliphatic carbocycles. The maximum Gasteiger partial charge on any atom is 0.351 e. The van der Waals surface area contributed by atoms with Crippen molar-refractivity contribution in [1.29, 1.82) is 0 Å². The van der Waals surface area contributed by atoms with Gasteiger partial charge in [0.2, 0.25) is 0 Å². The highest BCUT2D eigenvalue weighted by molar-refractivity contribution is 7.85. The molecule has 0 saturated heterocycles. The summed E-state index contributed by atoms with van der Waals surface area (Å²) in [5, 5.41) is 19.9. The van der Waals surface area contributed by atoms with Gasteiger partial charge >= 0.3 is 11.6 Å². The van der Waals surface area contributed by atoms with E-state index in [2.05, 4.69) is 0 Å². The van der Waals surface area contributed by atoms with E-state index in [1.165, 1.54) is 18.2 Å². The number of ether oxygens (including phenoxy) is 1. The second-order valence-corrected chi connectivity index (χ2v) is 7.04. The van der Waals surface area contributed by atoms with Gasteiger partial charge in [-0.1, -0.05) is 0 Å². The number of fused-ring (bicyclic) bond motifs is 1. The summed E-state index contributed by atoms with van der Waals surface area (Å²) < 4.78 is 39.2. The molecule has 0 atom stereocenters. The smallest absolute Gasteiger partial charge is 0.351 e. The van der Waals surface area contributed by atoms with Crippen LogP contribution >= 0.6 is 0 Å². The summed E-state index contributed by atoms with van der Waals surface area (Å²) in [6.07, 6.45) is 0. The Balaban J connectivity index is 0.000000222. The fraction of sp³-hybridized carbons (Fsp3) is 0.111. The number of hydrogen-bond donors (Lipinski definition) is 2. The highest BCUT2D eigenvalue weighted by Gasteiger charge is 2.14. The molecule has 1 heterocycles. The largest absolute Gasteiger partial charge is 0.508 e. The number of benzene rings is 2. The number of carbonyl (C=O) groups is 1. The summed E-state index contributed by atoms with van der Waals surface area (Å²) in [5.74, 6) is -0.722. The number of phenols is 1. The molecule has 0 radical (unpaired) electrons. The maximum atomic E-state index is 11.5. The molecule has 2 N–H and O–H groups in total. The van der Waals surface area contributed by atoms with Gasteiger partial charge < -0.3 is 14.3 Å². The minimum Gasteiger partial charge on any atom is -0.508 e. The van der Waals surface area contributed by atoms with Gasteiger partial charge in [0.25, 0.3) is 15.8 Å². The van der Waals surface area contributed by atoms with Gasteiger partial charge in [-0.25, -0.2) is 9.59 Å². The number of nitro groups is 1. The van der Waals surface area contributed by atoms with Crippen LogP contribution in [-0.4, -0.2) is 35.6 Å². The number of aromatic hydroxyl groups is 1. The van der Waals surface area contributed by atoms with Gasteiger partial charge in [0.15, 0.2) is 0 Å². The number of carbonyl (C=O) groups excluding carboxylic acids is 1. The second-order valence-electron chi connectivity index (χ2n) is 5.62. The van der Waals surface area contributed by atoms with Crippen LogP contribution in [0.4, 0.5) is 5.69 Å². The van der Waals surface area contributed by atoms with Crippen molar-refractivity contribution in [3.8, 4) is 5.75 Å². The summed E-state index contributed by atoms with van der Waals surface area (Å²) >= 11 is 0. The van der Waals surface area contributed by atoms with Crippen LogP contribution in [0.2, 0.25) is 0 Å². The summed E-state index contributed by atoms with van der Waals surface area (Å²) in [5.41, 5.74) is -0.929. The summed E-state index contributed by atoms with van der Waals surface area (Å²) in [4.78, 5) is 32.1. The molecule has 0 saturated carbocycles. The van der Waals surface area contributed by atoms with Gasteiger partial charge in [-0.2, -0.15) is 8.42 Å². The minimum atomic E-state index is -4.27. The lowest BCUT2D eigenvalue weighted by atomic mass is 10.2. The van der Waals surface area contributed by atoms with Crippen LogP contribution in [0.1, 0.15) is 17.3 Å². The molecule has 0 fully saturated rings. The zero-order valence-corrected chi connectivity index (χ0v) is 16.2. The van der Waals surface area contributed by atoms with Crippen LogP contribution in [0.5, 0.6) is 5.75 Å². The summed E-state index contributed by atoms with van der Waals surface area (Å²) in [7, 11) is -4.27. The number of phenolic OH excluding ortho intramolecular Hbond substituents is 1. The van der Waals surface area contributed by atoms with E-state index in [4.69, 9.17) is 13.7 Å². The molecule has 3 rings (SSSR count). The lowest BCUT2D eigenvalue weighted by Gasteiger charge is -2.02. The lowest BCUT2D eigenvalue weighted by Crippen LogP contribution is -2.16. The van der Waals surface area contributed by atoms with E-state index < -0.39 is 26.6 Å². The number of nitro benzene ring substituents is 1. The van der Waals surface area contributed by atoms with Crippen molar-refractivity contribution in [3.05, 3.63) is 74.6 Å². The van der Waals surface area contributed by atoms with Gasteiger partial charge in [-0.15, -0.1) is 0 Å². The van der Waals surface area contributed by atoms with Crippen LogP contribution in [0.25, 0.3) is 11.0 Å². The van der Waals surface area contributed by atoms with Gasteiger partial charge in [-0.05, 0) is 37.3 Å². The Kier molecular flexibility index (Phi) is 6.87. The van der Waals surface area contributed by atoms with Gasteiger partial charge in [0, 0.05) is 23.6 Å². The van der Waals surface area contributed by atoms with E-state index in [-0.39, 0.29) is 34.1 Å². The van der Waals surface area contributed by atoms with Crippen molar-refractivity contribution < 1.29 is 36.9 Å². The number of non-ortho nitro benzene ring substituents is 1. The predicted octanol–water partition coefficient (Wildman–Crippen LogP) is 2.52. The molecule has 0 aliphatic heterocycles. The molecule has 0 spiro atoms. The van der Waals surface area contributed by atoms with Crippen molar-refractivity contribution in [3.63, 3.8) is 0 Å². The van der Waals surface area contributed by atoms with E-state index in [9.17, 15) is 33.2 Å². The van der Waals surface area contributed by atoms with Gasteiger partial charge in [0.1, 0.15) is 16.9 Å².